The number of hydrazine groups is 1. The number of methoxy groups -OCH3 is 1. The molecule has 0 radical (unpaired) electrons. The quantitative estimate of drug-likeness (QED) is 0.289. The Balaban J connectivity index is 0.00000441. The van der Waals surface area contributed by atoms with Crippen LogP contribution in [-0.4, -0.2) is 37.8 Å². The first-order valence-corrected chi connectivity index (χ1v) is 7.07. The van der Waals surface area contributed by atoms with E-state index in [1.165, 1.54) is 0 Å². The highest BCUT2D eigenvalue weighted by Crippen LogP contribution is 2.18. The SMILES string of the molecule is COCC(C)(C)NN(C)SOOc1ccc(NOC)cc1.S. The van der Waals surface area contributed by atoms with E-state index in [0.717, 1.165) is 17.9 Å². The second-order valence-corrected chi connectivity index (χ2v) is 5.82. The number of hydrogen-bond acceptors (Lipinski definition) is 8. The molecule has 128 valence electrons. The minimum Gasteiger partial charge on any atom is -0.383 e. The van der Waals surface area contributed by atoms with Crippen LogP contribution < -0.4 is 15.8 Å². The summed E-state index contributed by atoms with van der Waals surface area (Å²) in [6, 6.07) is 7.17. The predicted molar refractivity (Wildman–Crippen MR) is 93.6 cm³/mol. The van der Waals surface area contributed by atoms with Gasteiger partial charge >= 0.3 is 0 Å². The molecule has 2 N–H and O–H groups in total. The van der Waals surface area contributed by atoms with E-state index in [0.29, 0.717) is 12.4 Å². The third-order valence-corrected chi connectivity index (χ3v) is 2.76. The van der Waals surface area contributed by atoms with Gasteiger partial charge in [-0.2, -0.15) is 17.9 Å². The van der Waals surface area contributed by atoms with E-state index < -0.39 is 0 Å². The molecule has 22 heavy (non-hydrogen) atoms. The Morgan fingerprint density at radius 1 is 1.18 bits per heavy atom. The molecule has 7 nitrogen and oxygen atoms in total. The van der Waals surface area contributed by atoms with Crippen LogP contribution in [0.1, 0.15) is 13.8 Å². The fraction of sp³-hybridized carbons (Fsp3) is 0.538. The van der Waals surface area contributed by atoms with E-state index in [9.17, 15) is 0 Å². The highest BCUT2D eigenvalue weighted by Gasteiger charge is 2.19. The van der Waals surface area contributed by atoms with Crippen LogP contribution in [0, 0.1) is 0 Å². The van der Waals surface area contributed by atoms with Gasteiger partial charge in [-0.05, 0) is 38.1 Å². The Kier molecular flexibility index (Phi) is 10.6. The molecular weight excluding hydrogens is 326 g/mol. The maximum Gasteiger partial charge on any atom is 0.166 e. The summed E-state index contributed by atoms with van der Waals surface area (Å²) >= 11 is 1.04. The zero-order chi connectivity index (χ0) is 15.7. The topological polar surface area (TPSA) is 64.2 Å². The number of hydrogen-bond donors (Lipinski definition) is 2. The first-order valence-electron chi connectivity index (χ1n) is 6.38. The Labute approximate surface area is 143 Å². The summed E-state index contributed by atoms with van der Waals surface area (Å²) in [6.07, 6.45) is 0. The Bertz CT molecular complexity index is 407. The number of anilines is 1. The van der Waals surface area contributed by atoms with E-state index in [1.807, 2.05) is 33.0 Å². The monoisotopic (exact) mass is 351 g/mol. The van der Waals surface area contributed by atoms with E-state index in [-0.39, 0.29) is 19.0 Å². The van der Waals surface area contributed by atoms with Gasteiger partial charge in [-0.1, -0.05) is 4.33 Å². The molecule has 9 heteroatoms. The smallest absolute Gasteiger partial charge is 0.166 e. The van der Waals surface area contributed by atoms with Gasteiger partial charge in [0.2, 0.25) is 0 Å². The number of benzene rings is 1. The van der Waals surface area contributed by atoms with Gasteiger partial charge < -0.3 is 9.62 Å². The average Bonchev–Trinajstić information content (AvgIpc) is 2.40. The van der Waals surface area contributed by atoms with Gasteiger partial charge in [-0.25, -0.2) is 5.43 Å². The lowest BCUT2D eigenvalue weighted by Gasteiger charge is -2.29. The molecule has 0 atom stereocenters. The average molecular weight is 351 g/mol. The maximum absolute atomic E-state index is 5.17. The van der Waals surface area contributed by atoms with Crippen LogP contribution in [0.5, 0.6) is 5.75 Å². The van der Waals surface area contributed by atoms with Gasteiger partial charge in [0.25, 0.3) is 0 Å². The van der Waals surface area contributed by atoms with Crippen molar-refractivity contribution < 1.29 is 18.8 Å². The molecule has 0 saturated heterocycles. The van der Waals surface area contributed by atoms with Gasteiger partial charge in [0, 0.05) is 14.2 Å². The van der Waals surface area contributed by atoms with Crippen molar-refractivity contribution in [3.63, 3.8) is 0 Å². The summed E-state index contributed by atoms with van der Waals surface area (Å²) in [5, 5.41) is 0. The van der Waals surface area contributed by atoms with Crippen molar-refractivity contribution in [3.8, 4) is 5.75 Å². The first-order chi connectivity index (χ1) is 9.96. The van der Waals surface area contributed by atoms with Crippen molar-refractivity contribution in [3.05, 3.63) is 24.3 Å². The zero-order valence-electron chi connectivity index (χ0n) is 13.5. The van der Waals surface area contributed by atoms with Crippen LogP contribution >= 0.6 is 25.7 Å². The molecule has 1 rings (SSSR count). The normalized spacial score (nSPS) is 11.2. The summed E-state index contributed by atoms with van der Waals surface area (Å²) < 4.78 is 11.9. The fourth-order valence-corrected chi connectivity index (χ4v) is 2.12. The third kappa shape index (κ3) is 8.69. The molecule has 0 aliphatic carbocycles. The summed E-state index contributed by atoms with van der Waals surface area (Å²) in [4.78, 5) is 9.96. The Hall–Kier alpha value is -0.680. The van der Waals surface area contributed by atoms with Crippen molar-refractivity contribution in [2.75, 3.05) is 33.4 Å². The lowest BCUT2D eigenvalue weighted by Crippen LogP contribution is -2.49. The molecule has 0 heterocycles. The lowest BCUT2D eigenvalue weighted by molar-refractivity contribution is -0.0839. The summed E-state index contributed by atoms with van der Waals surface area (Å²) in [7, 11) is 5.05. The molecule has 1 aromatic carbocycles. The summed E-state index contributed by atoms with van der Waals surface area (Å²) in [5.74, 6) is 0.591. The summed E-state index contributed by atoms with van der Waals surface area (Å²) in [5.41, 5.74) is 6.55. The second kappa shape index (κ2) is 10.9. The molecule has 0 aliphatic rings. The van der Waals surface area contributed by atoms with Crippen molar-refractivity contribution in [2.45, 2.75) is 19.4 Å². The van der Waals surface area contributed by atoms with Crippen molar-refractivity contribution in [2.24, 2.45) is 0 Å². The zero-order valence-corrected chi connectivity index (χ0v) is 15.3. The van der Waals surface area contributed by atoms with E-state index in [4.69, 9.17) is 18.8 Å². The highest BCUT2D eigenvalue weighted by atomic mass is 32.2. The Morgan fingerprint density at radius 2 is 1.82 bits per heavy atom. The molecule has 0 fully saturated rings. The number of nitrogens with one attached hydrogen (secondary N) is 2. The van der Waals surface area contributed by atoms with E-state index in [1.54, 1.807) is 30.8 Å². The standard InChI is InChI=1S/C13H23N3O4S.H2S/c1-13(2,10-17-4)15-16(3)21-20-19-12-8-6-11(7-9-12)14-18-5;/h6-9,14-15H,10H2,1-5H3;1H2. The molecule has 0 saturated carbocycles. The molecule has 0 unspecified atom stereocenters. The van der Waals surface area contributed by atoms with Crippen LogP contribution in [0.4, 0.5) is 5.69 Å². The molecule has 0 aliphatic heterocycles. The molecular formula is C13H25N3O4S2. The first kappa shape index (κ1) is 21.3. The molecule has 1 aromatic rings. The lowest BCUT2D eigenvalue weighted by atomic mass is 10.1. The number of nitrogens with zero attached hydrogens (tertiary/aromatic N) is 1. The number of ether oxygens (including phenoxy) is 1. The van der Waals surface area contributed by atoms with Gasteiger partial charge in [0.15, 0.2) is 5.75 Å². The molecule has 0 spiro atoms. The van der Waals surface area contributed by atoms with Gasteiger partial charge in [0.05, 0.1) is 24.9 Å². The predicted octanol–water partition coefficient (Wildman–Crippen LogP) is 2.51. The minimum atomic E-state index is -0.201. The highest BCUT2D eigenvalue weighted by molar-refractivity contribution is 7.92. The van der Waals surface area contributed by atoms with Crippen LogP contribution in [0.25, 0.3) is 0 Å². The van der Waals surface area contributed by atoms with Crippen LogP contribution in [-0.2, 0) is 13.9 Å². The van der Waals surface area contributed by atoms with Crippen LogP contribution in [0.2, 0.25) is 0 Å². The second-order valence-electron chi connectivity index (χ2n) is 4.98. The molecule has 0 amide bonds. The van der Waals surface area contributed by atoms with E-state index in [2.05, 4.69) is 10.9 Å². The number of rotatable bonds is 10. The Morgan fingerprint density at radius 3 is 2.36 bits per heavy atom. The third-order valence-electron chi connectivity index (χ3n) is 2.31. The van der Waals surface area contributed by atoms with E-state index >= 15 is 0 Å². The van der Waals surface area contributed by atoms with Gasteiger partial charge in [-0.15, -0.1) is 0 Å². The van der Waals surface area contributed by atoms with Gasteiger partial charge in [0.1, 0.15) is 12.2 Å². The van der Waals surface area contributed by atoms with Crippen molar-refractivity contribution in [1.29, 1.82) is 0 Å². The summed E-state index contributed by atoms with van der Waals surface area (Å²) in [6.45, 7) is 4.62. The molecule has 0 bridgehead atoms. The van der Waals surface area contributed by atoms with Gasteiger partial charge in [-0.3, -0.25) is 10.3 Å². The largest absolute Gasteiger partial charge is 0.383 e. The van der Waals surface area contributed by atoms with Crippen molar-refractivity contribution in [1.82, 2.24) is 9.84 Å². The fourth-order valence-electron chi connectivity index (χ4n) is 1.63. The molecule has 0 aromatic heterocycles. The minimum absolute atomic E-state index is 0. The van der Waals surface area contributed by atoms with Crippen LogP contribution in [0.3, 0.4) is 0 Å². The van der Waals surface area contributed by atoms with Crippen molar-refractivity contribution >= 4 is 31.4 Å². The maximum atomic E-state index is 5.17. The van der Waals surface area contributed by atoms with Crippen LogP contribution in [0.15, 0.2) is 24.3 Å².